The van der Waals surface area contributed by atoms with Crippen LogP contribution in [0.3, 0.4) is 0 Å². The van der Waals surface area contributed by atoms with E-state index in [2.05, 4.69) is 33.0 Å². The standard InChI is InChI=1S/C30H41N5O4/c1-30(2,23-11-4-3-5-12-23)29(39)34-25(28(37)38)19-32-27(36)22-10-7-17-35(20-22)18-8-13-24-15-14-21-9-6-16-31-26(21)33-24/h3-5,11-12,14-15,22,25H,6-10,13,16-20H2,1-2H3,(H,31,33)(H,32,36)(H,34,39)(H,37,38)/t22-,25+/m1/s1. The number of hydrogen-bond donors (Lipinski definition) is 4. The van der Waals surface area contributed by atoms with Gasteiger partial charge in [-0.15, -0.1) is 0 Å². The Balaban J connectivity index is 1.23. The van der Waals surface area contributed by atoms with E-state index in [1.54, 1.807) is 13.8 Å². The second-order valence-electron chi connectivity index (χ2n) is 11.2. The van der Waals surface area contributed by atoms with Crippen LogP contribution in [0.15, 0.2) is 42.5 Å². The highest BCUT2D eigenvalue weighted by atomic mass is 16.4. The Morgan fingerprint density at radius 1 is 1.15 bits per heavy atom. The molecule has 0 spiro atoms. The first-order chi connectivity index (χ1) is 18.7. The molecule has 1 aromatic heterocycles. The smallest absolute Gasteiger partial charge is 0.328 e. The van der Waals surface area contributed by atoms with Crippen molar-refractivity contribution in [2.24, 2.45) is 5.92 Å². The van der Waals surface area contributed by atoms with Gasteiger partial charge in [0.05, 0.1) is 11.3 Å². The number of benzene rings is 1. The quantitative estimate of drug-likeness (QED) is 0.349. The fourth-order valence-corrected chi connectivity index (χ4v) is 5.34. The maximum atomic E-state index is 12.9. The van der Waals surface area contributed by atoms with E-state index < -0.39 is 23.3 Å². The number of rotatable bonds is 11. The number of hydrogen-bond acceptors (Lipinski definition) is 6. The number of fused-ring (bicyclic) bond motifs is 1. The number of aromatic nitrogens is 1. The Labute approximate surface area is 230 Å². The van der Waals surface area contributed by atoms with Gasteiger partial charge in [-0.2, -0.15) is 0 Å². The van der Waals surface area contributed by atoms with E-state index in [1.165, 1.54) is 5.56 Å². The summed E-state index contributed by atoms with van der Waals surface area (Å²) in [5.74, 6) is -0.916. The molecule has 9 nitrogen and oxygen atoms in total. The van der Waals surface area contributed by atoms with Crippen molar-refractivity contribution >= 4 is 23.6 Å². The topological polar surface area (TPSA) is 124 Å². The molecule has 2 aliphatic heterocycles. The molecule has 1 saturated heterocycles. The lowest BCUT2D eigenvalue weighted by Gasteiger charge is -2.32. The van der Waals surface area contributed by atoms with Gasteiger partial charge in [0.2, 0.25) is 11.8 Å². The van der Waals surface area contributed by atoms with Gasteiger partial charge in [-0.1, -0.05) is 36.4 Å². The van der Waals surface area contributed by atoms with Crippen molar-refractivity contribution in [2.75, 3.05) is 38.0 Å². The van der Waals surface area contributed by atoms with Gasteiger partial charge >= 0.3 is 5.97 Å². The SMILES string of the molecule is CC(C)(C(=O)N[C@@H](CNC(=O)[C@@H]1CCCN(CCCc2ccc3c(n2)NCCC3)C1)C(=O)O)c1ccccc1. The number of piperidine rings is 1. The van der Waals surface area contributed by atoms with Crippen molar-refractivity contribution in [2.45, 2.75) is 63.8 Å². The molecular formula is C30H41N5O4. The third-order valence-corrected chi connectivity index (χ3v) is 7.88. The van der Waals surface area contributed by atoms with Gasteiger partial charge in [0.1, 0.15) is 11.9 Å². The minimum absolute atomic E-state index is 0.153. The molecule has 2 aromatic rings. The van der Waals surface area contributed by atoms with E-state index in [1.807, 2.05) is 30.3 Å². The molecule has 1 fully saturated rings. The summed E-state index contributed by atoms with van der Waals surface area (Å²) in [6.45, 7) is 6.82. The minimum atomic E-state index is -1.21. The fourth-order valence-electron chi connectivity index (χ4n) is 5.34. The number of carboxylic acids is 1. The number of aryl methyl sites for hydroxylation is 2. The average Bonchev–Trinajstić information content (AvgIpc) is 2.95. The molecule has 1 aromatic carbocycles. The second-order valence-corrected chi connectivity index (χ2v) is 11.2. The summed E-state index contributed by atoms with van der Waals surface area (Å²) >= 11 is 0. The van der Waals surface area contributed by atoms with E-state index in [9.17, 15) is 19.5 Å². The summed E-state index contributed by atoms with van der Waals surface area (Å²) in [5, 5.41) is 18.5. The number of carboxylic acid groups (broad SMARTS) is 1. The summed E-state index contributed by atoms with van der Waals surface area (Å²) < 4.78 is 0. The molecule has 0 unspecified atom stereocenters. The number of pyridine rings is 1. The zero-order valence-corrected chi connectivity index (χ0v) is 23.0. The van der Waals surface area contributed by atoms with Crippen molar-refractivity contribution in [1.82, 2.24) is 20.5 Å². The van der Waals surface area contributed by atoms with Crippen molar-refractivity contribution in [3.63, 3.8) is 0 Å². The molecule has 9 heteroatoms. The van der Waals surface area contributed by atoms with Crippen LogP contribution in [-0.4, -0.2) is 71.5 Å². The van der Waals surface area contributed by atoms with E-state index in [-0.39, 0.29) is 18.4 Å². The Hall–Kier alpha value is -3.46. The summed E-state index contributed by atoms with van der Waals surface area (Å²) in [6, 6.07) is 12.3. The Morgan fingerprint density at radius 3 is 2.72 bits per heavy atom. The Kier molecular flexibility index (Phi) is 9.56. The molecular weight excluding hydrogens is 494 g/mol. The van der Waals surface area contributed by atoms with Crippen LogP contribution in [-0.2, 0) is 32.6 Å². The number of nitrogens with zero attached hydrogens (tertiary/aromatic N) is 2. The first kappa shape index (κ1) is 28.5. The zero-order chi connectivity index (χ0) is 27.8. The summed E-state index contributed by atoms with van der Waals surface area (Å²) in [6.07, 6.45) is 5.77. The number of likely N-dealkylation sites (tertiary alicyclic amines) is 1. The molecule has 2 amide bonds. The van der Waals surface area contributed by atoms with Crippen molar-refractivity contribution < 1.29 is 19.5 Å². The van der Waals surface area contributed by atoms with Gasteiger partial charge in [0, 0.05) is 25.3 Å². The van der Waals surface area contributed by atoms with Crippen LogP contribution in [0.4, 0.5) is 5.82 Å². The third kappa shape index (κ3) is 7.56. The normalized spacial score (nSPS) is 18.4. The third-order valence-electron chi connectivity index (χ3n) is 7.88. The number of amides is 2. The average molecular weight is 536 g/mol. The largest absolute Gasteiger partial charge is 0.480 e. The Bertz CT molecular complexity index is 1150. The van der Waals surface area contributed by atoms with Crippen molar-refractivity contribution in [3.05, 3.63) is 59.3 Å². The van der Waals surface area contributed by atoms with Crippen molar-refractivity contribution in [3.8, 4) is 0 Å². The lowest BCUT2D eigenvalue weighted by molar-refractivity contribution is -0.142. The number of aliphatic carboxylic acids is 1. The number of anilines is 1. The zero-order valence-electron chi connectivity index (χ0n) is 23.0. The second kappa shape index (κ2) is 13.1. The monoisotopic (exact) mass is 535 g/mol. The first-order valence-corrected chi connectivity index (χ1v) is 14.1. The van der Waals surface area contributed by atoms with Crippen molar-refractivity contribution in [1.29, 1.82) is 0 Å². The fraction of sp³-hybridized carbons (Fsp3) is 0.533. The lowest BCUT2D eigenvalue weighted by atomic mass is 9.83. The molecule has 2 aliphatic rings. The minimum Gasteiger partial charge on any atom is -0.480 e. The maximum absolute atomic E-state index is 12.9. The van der Waals surface area contributed by atoms with Gasteiger partial charge < -0.3 is 26.0 Å². The van der Waals surface area contributed by atoms with Gasteiger partial charge in [-0.05, 0) is 82.7 Å². The molecule has 4 N–H and O–H groups in total. The highest BCUT2D eigenvalue weighted by Gasteiger charge is 2.33. The summed E-state index contributed by atoms with van der Waals surface area (Å²) in [7, 11) is 0. The summed E-state index contributed by atoms with van der Waals surface area (Å²) in [4.78, 5) is 44.8. The number of carbonyl (C=O) groups excluding carboxylic acids is 2. The molecule has 39 heavy (non-hydrogen) atoms. The van der Waals surface area contributed by atoms with Crippen LogP contribution in [0.25, 0.3) is 0 Å². The Morgan fingerprint density at radius 2 is 1.95 bits per heavy atom. The molecule has 0 saturated carbocycles. The molecule has 3 heterocycles. The number of carbonyl (C=O) groups is 3. The van der Waals surface area contributed by atoms with Crippen LogP contribution < -0.4 is 16.0 Å². The lowest BCUT2D eigenvalue weighted by Crippen LogP contribution is -2.54. The van der Waals surface area contributed by atoms with Gasteiger partial charge in [0.25, 0.3) is 0 Å². The molecule has 2 atom stereocenters. The van der Waals surface area contributed by atoms with Crippen LogP contribution in [0, 0.1) is 5.92 Å². The van der Waals surface area contributed by atoms with E-state index in [0.29, 0.717) is 6.54 Å². The van der Waals surface area contributed by atoms with Crippen LogP contribution >= 0.6 is 0 Å². The van der Waals surface area contributed by atoms with E-state index in [4.69, 9.17) is 4.98 Å². The van der Waals surface area contributed by atoms with Crippen LogP contribution in [0.1, 0.15) is 56.4 Å². The van der Waals surface area contributed by atoms with E-state index in [0.717, 1.165) is 75.2 Å². The molecule has 0 radical (unpaired) electrons. The van der Waals surface area contributed by atoms with E-state index >= 15 is 0 Å². The number of nitrogens with one attached hydrogen (secondary N) is 3. The van der Waals surface area contributed by atoms with Gasteiger partial charge in [-0.3, -0.25) is 9.59 Å². The van der Waals surface area contributed by atoms with Gasteiger partial charge in [0.15, 0.2) is 0 Å². The predicted octanol–water partition coefficient (Wildman–Crippen LogP) is 2.75. The predicted molar refractivity (Wildman–Crippen MR) is 151 cm³/mol. The molecule has 4 rings (SSSR count). The molecule has 0 bridgehead atoms. The highest BCUT2D eigenvalue weighted by Crippen LogP contribution is 2.24. The highest BCUT2D eigenvalue weighted by molar-refractivity contribution is 5.91. The summed E-state index contributed by atoms with van der Waals surface area (Å²) in [5.41, 5.74) is 2.26. The maximum Gasteiger partial charge on any atom is 0.328 e. The van der Waals surface area contributed by atoms with Gasteiger partial charge in [-0.25, -0.2) is 9.78 Å². The molecule has 210 valence electrons. The van der Waals surface area contributed by atoms with Crippen LogP contribution in [0.5, 0.6) is 0 Å². The van der Waals surface area contributed by atoms with Crippen LogP contribution in [0.2, 0.25) is 0 Å². The molecule has 0 aliphatic carbocycles. The first-order valence-electron chi connectivity index (χ1n) is 14.1.